The highest BCUT2D eigenvalue weighted by Crippen LogP contribution is 2.31. The Morgan fingerprint density at radius 3 is 2.28 bits per heavy atom. The first kappa shape index (κ1) is 20.5. The maximum Gasteiger partial charge on any atom is 0.271 e. The van der Waals surface area contributed by atoms with E-state index >= 15 is 0 Å². The summed E-state index contributed by atoms with van der Waals surface area (Å²) >= 11 is 0. The third-order valence-electron chi connectivity index (χ3n) is 4.18. The number of anilines is 1. The van der Waals surface area contributed by atoms with Crippen molar-refractivity contribution in [1.82, 2.24) is 4.98 Å². The van der Waals surface area contributed by atoms with Crippen LogP contribution in [0.1, 0.15) is 5.56 Å². The van der Waals surface area contributed by atoms with Crippen LogP contribution in [0, 0.1) is 11.6 Å². The van der Waals surface area contributed by atoms with E-state index in [1.54, 1.807) is 30.3 Å². The maximum absolute atomic E-state index is 14.3. The fourth-order valence-corrected chi connectivity index (χ4v) is 4.28. The van der Waals surface area contributed by atoms with Crippen molar-refractivity contribution in [3.05, 3.63) is 78.0 Å². The van der Waals surface area contributed by atoms with Crippen molar-refractivity contribution < 1.29 is 26.7 Å². The Bertz CT molecular complexity index is 1090. The smallest absolute Gasteiger partial charge is 0.271 e. The van der Waals surface area contributed by atoms with E-state index in [4.69, 9.17) is 9.47 Å². The van der Waals surface area contributed by atoms with Gasteiger partial charge in [-0.15, -0.1) is 0 Å². The summed E-state index contributed by atoms with van der Waals surface area (Å²) in [7, 11) is -1.71. The Morgan fingerprint density at radius 1 is 0.966 bits per heavy atom. The minimum Gasteiger partial charge on any atom is -0.497 e. The third-order valence-corrected chi connectivity index (χ3v) is 5.98. The molecule has 0 amide bonds. The van der Waals surface area contributed by atoms with Crippen LogP contribution >= 0.6 is 0 Å². The number of pyridine rings is 1. The molecule has 0 spiro atoms. The zero-order chi connectivity index (χ0) is 21.0. The van der Waals surface area contributed by atoms with Gasteiger partial charge in [0.2, 0.25) is 0 Å². The molecule has 6 nitrogen and oxygen atoms in total. The average Bonchev–Trinajstić information content (AvgIpc) is 2.72. The van der Waals surface area contributed by atoms with Crippen LogP contribution in [-0.4, -0.2) is 27.6 Å². The van der Waals surface area contributed by atoms with Gasteiger partial charge >= 0.3 is 0 Å². The third kappa shape index (κ3) is 4.14. The molecule has 2 aromatic carbocycles. The molecule has 0 atom stereocenters. The van der Waals surface area contributed by atoms with Crippen molar-refractivity contribution in [1.29, 1.82) is 0 Å². The summed E-state index contributed by atoms with van der Waals surface area (Å²) in [5.41, 5.74) is 0.458. The molecule has 0 unspecified atom stereocenters. The maximum atomic E-state index is 14.3. The number of hydrogen-bond acceptors (Lipinski definition) is 5. The minimum atomic E-state index is -4.62. The number of sulfonamides is 1. The summed E-state index contributed by atoms with van der Waals surface area (Å²) in [6.45, 7) is -0.264. The summed E-state index contributed by atoms with van der Waals surface area (Å²) in [4.78, 5) is 3.01. The van der Waals surface area contributed by atoms with Gasteiger partial charge in [0, 0.05) is 17.8 Å². The predicted octanol–water partition coefficient (Wildman–Crippen LogP) is 3.77. The molecule has 1 heterocycles. The monoisotopic (exact) mass is 420 g/mol. The number of aromatic nitrogens is 1. The second-order valence-corrected chi connectivity index (χ2v) is 7.73. The van der Waals surface area contributed by atoms with Crippen LogP contribution < -0.4 is 13.8 Å². The molecular formula is C20H18F2N2O4S. The fourth-order valence-electron chi connectivity index (χ4n) is 2.77. The SMILES string of the molecule is COc1ccc(CN(c2ccccn2)S(=O)(=O)c2c(F)cccc2F)c(OC)c1. The lowest BCUT2D eigenvalue weighted by Crippen LogP contribution is -2.32. The molecule has 0 fully saturated rings. The van der Waals surface area contributed by atoms with Gasteiger partial charge in [-0.3, -0.25) is 0 Å². The molecule has 0 saturated carbocycles. The lowest BCUT2D eigenvalue weighted by Gasteiger charge is -2.25. The fraction of sp³-hybridized carbons (Fsp3) is 0.150. The van der Waals surface area contributed by atoms with Crippen molar-refractivity contribution >= 4 is 15.8 Å². The van der Waals surface area contributed by atoms with Crippen LogP contribution in [0.5, 0.6) is 11.5 Å². The van der Waals surface area contributed by atoms with Crippen molar-refractivity contribution in [3.8, 4) is 11.5 Å². The number of halogens is 2. The number of methoxy groups -OCH3 is 2. The first-order chi connectivity index (χ1) is 13.9. The van der Waals surface area contributed by atoms with E-state index in [2.05, 4.69) is 4.98 Å². The molecule has 9 heteroatoms. The summed E-state index contributed by atoms with van der Waals surface area (Å²) in [6.07, 6.45) is 1.39. The zero-order valence-electron chi connectivity index (χ0n) is 15.7. The van der Waals surface area contributed by atoms with E-state index in [1.165, 1.54) is 26.5 Å². The standard InChI is InChI=1S/C20H18F2N2O4S/c1-27-15-10-9-14(18(12-15)28-2)13-24(19-8-3-4-11-23-19)29(25,26)20-16(21)6-5-7-17(20)22/h3-12H,13H2,1-2H3. The largest absolute Gasteiger partial charge is 0.497 e. The molecule has 0 saturated heterocycles. The van der Waals surface area contributed by atoms with Gasteiger partial charge in [0.25, 0.3) is 10.0 Å². The first-order valence-electron chi connectivity index (χ1n) is 8.47. The summed E-state index contributed by atoms with van der Waals surface area (Å²) in [5, 5.41) is 0. The van der Waals surface area contributed by atoms with E-state index in [1.807, 2.05) is 0 Å². The van der Waals surface area contributed by atoms with Crippen LogP contribution in [0.3, 0.4) is 0 Å². The molecule has 0 aliphatic rings. The molecule has 1 aromatic heterocycles. The average molecular weight is 420 g/mol. The molecule has 0 aliphatic heterocycles. The Hall–Kier alpha value is -3.20. The number of nitrogens with zero attached hydrogens (tertiary/aromatic N) is 2. The predicted molar refractivity (Wildman–Crippen MR) is 104 cm³/mol. The second-order valence-electron chi connectivity index (χ2n) is 5.93. The molecule has 29 heavy (non-hydrogen) atoms. The number of benzene rings is 2. The lowest BCUT2D eigenvalue weighted by molar-refractivity contribution is 0.391. The highest BCUT2D eigenvalue weighted by molar-refractivity contribution is 7.92. The number of rotatable bonds is 7. The van der Waals surface area contributed by atoms with Gasteiger partial charge < -0.3 is 9.47 Å². The van der Waals surface area contributed by atoms with Crippen molar-refractivity contribution in [2.45, 2.75) is 11.4 Å². The molecule has 0 radical (unpaired) electrons. The molecule has 3 aromatic rings. The molecular weight excluding hydrogens is 402 g/mol. The second kappa shape index (κ2) is 8.44. The summed E-state index contributed by atoms with van der Waals surface area (Å²) < 4.78 is 66.4. The van der Waals surface area contributed by atoms with Crippen LogP contribution in [0.15, 0.2) is 65.7 Å². The van der Waals surface area contributed by atoms with Crippen LogP contribution in [0.4, 0.5) is 14.6 Å². The van der Waals surface area contributed by atoms with Crippen LogP contribution in [0.2, 0.25) is 0 Å². The molecule has 0 bridgehead atoms. The van der Waals surface area contributed by atoms with E-state index in [0.29, 0.717) is 17.1 Å². The Morgan fingerprint density at radius 2 is 1.69 bits per heavy atom. The van der Waals surface area contributed by atoms with Crippen molar-refractivity contribution in [3.63, 3.8) is 0 Å². The van der Waals surface area contributed by atoms with Gasteiger partial charge in [-0.1, -0.05) is 12.1 Å². The Labute approximate surface area is 167 Å². The van der Waals surface area contributed by atoms with E-state index in [9.17, 15) is 17.2 Å². The van der Waals surface area contributed by atoms with Gasteiger partial charge in [0.1, 0.15) is 29.0 Å². The van der Waals surface area contributed by atoms with E-state index in [0.717, 1.165) is 22.5 Å². The molecule has 3 rings (SSSR count). The number of hydrogen-bond donors (Lipinski definition) is 0. The molecule has 0 aliphatic carbocycles. The van der Waals surface area contributed by atoms with Gasteiger partial charge in [0.15, 0.2) is 4.90 Å². The zero-order valence-corrected chi connectivity index (χ0v) is 16.5. The number of ether oxygens (including phenoxy) is 2. The van der Waals surface area contributed by atoms with E-state index < -0.39 is 26.6 Å². The first-order valence-corrected chi connectivity index (χ1v) is 9.91. The van der Waals surface area contributed by atoms with Crippen molar-refractivity contribution in [2.24, 2.45) is 0 Å². The van der Waals surface area contributed by atoms with Gasteiger partial charge in [0.05, 0.1) is 20.8 Å². The Kier molecular flexibility index (Phi) is 5.97. The lowest BCUT2D eigenvalue weighted by atomic mass is 10.2. The molecule has 152 valence electrons. The van der Waals surface area contributed by atoms with Crippen LogP contribution in [-0.2, 0) is 16.6 Å². The van der Waals surface area contributed by atoms with Crippen LogP contribution in [0.25, 0.3) is 0 Å². The highest BCUT2D eigenvalue weighted by Gasteiger charge is 2.32. The summed E-state index contributed by atoms with van der Waals surface area (Å²) in [5.74, 6) is -1.50. The Balaban J connectivity index is 2.15. The summed E-state index contributed by atoms with van der Waals surface area (Å²) in [6, 6.07) is 12.3. The van der Waals surface area contributed by atoms with Crippen molar-refractivity contribution in [2.75, 3.05) is 18.5 Å². The van der Waals surface area contributed by atoms with E-state index in [-0.39, 0.29) is 12.4 Å². The molecule has 0 N–H and O–H groups in total. The van der Waals surface area contributed by atoms with Gasteiger partial charge in [-0.2, -0.15) is 0 Å². The van der Waals surface area contributed by atoms with Gasteiger partial charge in [-0.25, -0.2) is 26.5 Å². The van der Waals surface area contributed by atoms with Gasteiger partial charge in [-0.05, 0) is 36.4 Å². The normalized spacial score (nSPS) is 11.2. The topological polar surface area (TPSA) is 68.7 Å². The highest BCUT2D eigenvalue weighted by atomic mass is 32.2. The quantitative estimate of drug-likeness (QED) is 0.582. The minimum absolute atomic E-state index is 0.00743.